The van der Waals surface area contributed by atoms with Crippen LogP contribution in [0.3, 0.4) is 0 Å². The summed E-state index contributed by atoms with van der Waals surface area (Å²) in [5, 5.41) is 13.5. The lowest BCUT2D eigenvalue weighted by Crippen LogP contribution is -2.19. The van der Waals surface area contributed by atoms with Crippen molar-refractivity contribution in [2.45, 2.75) is 0 Å². The maximum Gasteiger partial charge on any atom is 0.269 e. The Morgan fingerprint density at radius 3 is 2.75 bits per heavy atom. The molecule has 0 unspecified atom stereocenters. The van der Waals surface area contributed by atoms with Crippen LogP contribution in [0.5, 0.6) is 5.75 Å². The zero-order chi connectivity index (χ0) is 17.1. The van der Waals surface area contributed by atoms with Crippen molar-refractivity contribution in [2.24, 2.45) is 0 Å². The van der Waals surface area contributed by atoms with Crippen molar-refractivity contribution in [1.82, 2.24) is 4.98 Å². The Hall–Kier alpha value is -3.07. The minimum atomic E-state index is -0.521. The van der Waals surface area contributed by atoms with Crippen molar-refractivity contribution >= 4 is 38.3 Å². The topological polar surface area (TPSA) is 94.4 Å². The molecule has 1 aromatic heterocycles. The summed E-state index contributed by atoms with van der Waals surface area (Å²) in [6.45, 7) is -0.276. The molecule has 1 heterocycles. The van der Waals surface area contributed by atoms with Crippen molar-refractivity contribution in [3.05, 3.63) is 58.4 Å². The van der Waals surface area contributed by atoms with E-state index in [0.29, 0.717) is 21.1 Å². The van der Waals surface area contributed by atoms with Gasteiger partial charge in [-0.1, -0.05) is 11.3 Å². The second-order valence-corrected chi connectivity index (χ2v) is 5.75. The van der Waals surface area contributed by atoms with Crippen LogP contribution in [-0.4, -0.2) is 22.4 Å². The molecule has 0 aliphatic heterocycles. The molecule has 3 aromatic rings. The van der Waals surface area contributed by atoms with E-state index in [1.807, 2.05) is 0 Å². The Kier molecular flexibility index (Phi) is 4.34. The van der Waals surface area contributed by atoms with Crippen LogP contribution in [0.2, 0.25) is 0 Å². The number of anilines is 1. The maximum atomic E-state index is 13.1. The van der Waals surface area contributed by atoms with E-state index in [-0.39, 0.29) is 18.1 Å². The second kappa shape index (κ2) is 6.59. The van der Waals surface area contributed by atoms with E-state index < -0.39 is 10.8 Å². The number of non-ortho nitro benzene ring substituents is 1. The highest BCUT2D eigenvalue weighted by atomic mass is 32.1. The van der Waals surface area contributed by atoms with Gasteiger partial charge in [0.2, 0.25) is 0 Å². The molecule has 1 N–H and O–H groups in total. The molecule has 0 atom stereocenters. The van der Waals surface area contributed by atoms with E-state index in [1.54, 1.807) is 0 Å². The van der Waals surface area contributed by atoms with Crippen LogP contribution in [0.15, 0.2) is 42.5 Å². The van der Waals surface area contributed by atoms with Crippen LogP contribution in [0, 0.1) is 15.9 Å². The predicted octanol–water partition coefficient (Wildman–Crippen LogP) is 3.36. The van der Waals surface area contributed by atoms with Crippen LogP contribution >= 0.6 is 11.3 Å². The fraction of sp³-hybridized carbons (Fsp3) is 0.0667. The number of nitro groups is 1. The quantitative estimate of drug-likeness (QED) is 0.564. The molecule has 0 saturated heterocycles. The second-order valence-electron chi connectivity index (χ2n) is 4.72. The number of rotatable bonds is 5. The molecular formula is C15H10FN3O4S. The average Bonchev–Trinajstić information content (AvgIpc) is 2.94. The summed E-state index contributed by atoms with van der Waals surface area (Å²) < 4.78 is 19.0. The number of nitrogens with zero attached hydrogens (tertiary/aromatic N) is 2. The van der Waals surface area contributed by atoms with E-state index in [1.165, 1.54) is 42.5 Å². The molecule has 0 fully saturated rings. The van der Waals surface area contributed by atoms with E-state index in [2.05, 4.69) is 10.3 Å². The summed E-state index contributed by atoms with van der Waals surface area (Å²) in [6.07, 6.45) is 0. The van der Waals surface area contributed by atoms with Crippen LogP contribution in [0.1, 0.15) is 0 Å². The van der Waals surface area contributed by atoms with Crippen LogP contribution in [-0.2, 0) is 4.79 Å². The van der Waals surface area contributed by atoms with Crippen molar-refractivity contribution in [1.29, 1.82) is 0 Å². The molecule has 1 amide bonds. The minimum absolute atomic E-state index is 0.0616. The standard InChI is InChI=1S/C15H10FN3O4S/c16-9-1-6-12-13(7-9)24-15(17-12)18-14(20)8-23-11-4-2-10(3-5-11)19(21)22/h1-7H,8H2,(H,17,18,20). The van der Waals surface area contributed by atoms with Gasteiger partial charge in [-0.2, -0.15) is 0 Å². The van der Waals surface area contributed by atoms with Gasteiger partial charge in [0.1, 0.15) is 11.6 Å². The fourth-order valence-electron chi connectivity index (χ4n) is 1.92. The lowest BCUT2D eigenvalue weighted by Gasteiger charge is -2.05. The van der Waals surface area contributed by atoms with Gasteiger partial charge in [-0.25, -0.2) is 9.37 Å². The first-order valence-electron chi connectivity index (χ1n) is 6.74. The molecule has 0 bridgehead atoms. The first-order chi connectivity index (χ1) is 11.5. The highest BCUT2D eigenvalue weighted by molar-refractivity contribution is 7.22. The number of thiazole rings is 1. The highest BCUT2D eigenvalue weighted by Crippen LogP contribution is 2.26. The molecule has 0 spiro atoms. The van der Waals surface area contributed by atoms with E-state index >= 15 is 0 Å². The third-order valence-electron chi connectivity index (χ3n) is 3.01. The van der Waals surface area contributed by atoms with Crippen molar-refractivity contribution < 1.29 is 18.8 Å². The Morgan fingerprint density at radius 1 is 1.29 bits per heavy atom. The maximum absolute atomic E-state index is 13.1. The summed E-state index contributed by atoms with van der Waals surface area (Å²) in [5.41, 5.74) is 0.529. The Labute approximate surface area is 138 Å². The number of nitro benzene ring substituents is 1. The number of aromatic nitrogens is 1. The lowest BCUT2D eigenvalue weighted by atomic mass is 10.3. The third kappa shape index (κ3) is 3.63. The molecule has 0 aliphatic rings. The van der Waals surface area contributed by atoms with Gasteiger partial charge in [-0.3, -0.25) is 20.2 Å². The van der Waals surface area contributed by atoms with Gasteiger partial charge in [-0.15, -0.1) is 0 Å². The first-order valence-corrected chi connectivity index (χ1v) is 7.56. The molecule has 7 nitrogen and oxygen atoms in total. The average molecular weight is 347 g/mol. The van der Waals surface area contributed by atoms with Gasteiger partial charge in [0.15, 0.2) is 11.7 Å². The van der Waals surface area contributed by atoms with Crippen LogP contribution in [0.25, 0.3) is 10.2 Å². The van der Waals surface area contributed by atoms with Crippen LogP contribution < -0.4 is 10.1 Å². The fourth-order valence-corrected chi connectivity index (χ4v) is 2.83. The Bertz CT molecular complexity index is 911. The number of nitrogens with one attached hydrogen (secondary N) is 1. The van der Waals surface area contributed by atoms with Crippen molar-refractivity contribution in [3.63, 3.8) is 0 Å². The zero-order valence-electron chi connectivity index (χ0n) is 12.1. The summed E-state index contributed by atoms with van der Waals surface area (Å²) in [6, 6.07) is 9.56. The van der Waals surface area contributed by atoms with Gasteiger partial charge in [0.25, 0.3) is 11.6 Å². The molecule has 24 heavy (non-hydrogen) atoms. The molecule has 122 valence electrons. The van der Waals surface area contributed by atoms with Gasteiger partial charge >= 0.3 is 0 Å². The number of hydrogen-bond acceptors (Lipinski definition) is 6. The summed E-state index contributed by atoms with van der Waals surface area (Å²) in [7, 11) is 0. The highest BCUT2D eigenvalue weighted by Gasteiger charge is 2.10. The lowest BCUT2D eigenvalue weighted by molar-refractivity contribution is -0.384. The number of benzene rings is 2. The predicted molar refractivity (Wildman–Crippen MR) is 86.8 cm³/mol. The molecular weight excluding hydrogens is 337 g/mol. The summed E-state index contributed by atoms with van der Waals surface area (Å²) in [5.74, 6) is -0.472. The number of carbonyl (C=O) groups is 1. The Morgan fingerprint density at radius 2 is 2.04 bits per heavy atom. The zero-order valence-corrected chi connectivity index (χ0v) is 12.9. The van der Waals surface area contributed by atoms with E-state index in [4.69, 9.17) is 4.74 Å². The number of fused-ring (bicyclic) bond motifs is 1. The molecule has 0 aliphatic carbocycles. The normalized spacial score (nSPS) is 10.5. The Balaban J connectivity index is 1.59. The van der Waals surface area contributed by atoms with Gasteiger partial charge < -0.3 is 4.74 Å². The van der Waals surface area contributed by atoms with Gasteiger partial charge in [0, 0.05) is 12.1 Å². The monoisotopic (exact) mass is 347 g/mol. The van der Waals surface area contributed by atoms with E-state index in [0.717, 1.165) is 11.3 Å². The van der Waals surface area contributed by atoms with E-state index in [9.17, 15) is 19.3 Å². The molecule has 9 heteroatoms. The molecule has 0 radical (unpaired) electrons. The smallest absolute Gasteiger partial charge is 0.269 e. The van der Waals surface area contributed by atoms with Gasteiger partial charge in [-0.05, 0) is 30.3 Å². The number of halogens is 1. The number of hydrogen-bond donors (Lipinski definition) is 1. The molecule has 2 aromatic carbocycles. The van der Waals surface area contributed by atoms with Gasteiger partial charge in [0.05, 0.1) is 15.1 Å². The largest absolute Gasteiger partial charge is 0.484 e. The SMILES string of the molecule is O=C(COc1ccc([N+](=O)[O-])cc1)Nc1nc2ccc(F)cc2s1. The number of ether oxygens (including phenoxy) is 1. The third-order valence-corrected chi connectivity index (χ3v) is 3.95. The summed E-state index contributed by atoms with van der Waals surface area (Å²) >= 11 is 1.15. The molecule has 0 saturated carbocycles. The first kappa shape index (κ1) is 15.8. The van der Waals surface area contributed by atoms with Crippen LogP contribution in [0.4, 0.5) is 15.2 Å². The summed E-state index contributed by atoms with van der Waals surface area (Å²) in [4.78, 5) is 26.0. The number of amides is 1. The minimum Gasteiger partial charge on any atom is -0.484 e. The molecule has 3 rings (SSSR count). The number of carbonyl (C=O) groups excluding carboxylic acids is 1. The van der Waals surface area contributed by atoms with Crippen molar-refractivity contribution in [2.75, 3.05) is 11.9 Å². The van der Waals surface area contributed by atoms with Crippen molar-refractivity contribution in [3.8, 4) is 5.75 Å².